The van der Waals surface area contributed by atoms with Gasteiger partial charge in [0.1, 0.15) is 5.75 Å². The van der Waals surface area contributed by atoms with Crippen molar-refractivity contribution in [1.29, 1.82) is 0 Å². The monoisotopic (exact) mass is 388 g/mol. The molecule has 0 atom stereocenters. The Balaban J connectivity index is 1.29. The van der Waals surface area contributed by atoms with Crippen molar-refractivity contribution in [2.45, 2.75) is 18.9 Å². The van der Waals surface area contributed by atoms with Crippen molar-refractivity contribution in [2.24, 2.45) is 7.05 Å². The zero-order chi connectivity index (χ0) is 19.8. The third-order valence-corrected chi connectivity index (χ3v) is 5.76. The maximum absolute atomic E-state index is 5.41. The first kappa shape index (κ1) is 17.7. The van der Waals surface area contributed by atoms with Crippen molar-refractivity contribution in [3.05, 3.63) is 55.0 Å². The number of hydrogen-bond donors (Lipinski definition) is 0. The van der Waals surface area contributed by atoms with Crippen molar-refractivity contribution < 1.29 is 4.74 Å². The van der Waals surface area contributed by atoms with Crippen molar-refractivity contribution >= 4 is 16.7 Å². The first-order valence-electron chi connectivity index (χ1n) is 9.93. The predicted octanol–water partition coefficient (Wildman–Crippen LogP) is 3.68. The van der Waals surface area contributed by atoms with Crippen LogP contribution in [0.1, 0.15) is 18.9 Å². The largest absolute Gasteiger partial charge is 0.497 e. The van der Waals surface area contributed by atoms with Gasteiger partial charge in [-0.2, -0.15) is 5.10 Å². The van der Waals surface area contributed by atoms with Gasteiger partial charge in [0.15, 0.2) is 5.82 Å². The Labute approximate surface area is 169 Å². The summed E-state index contributed by atoms with van der Waals surface area (Å²) in [7, 11) is 3.62. The Bertz CT molecular complexity index is 1120. The van der Waals surface area contributed by atoms with Crippen molar-refractivity contribution in [3.63, 3.8) is 0 Å². The summed E-state index contributed by atoms with van der Waals surface area (Å²) in [6, 6.07) is 13.0. The van der Waals surface area contributed by atoms with Crippen LogP contribution in [0.4, 0.5) is 5.82 Å². The van der Waals surface area contributed by atoms with Crippen LogP contribution in [0.25, 0.3) is 22.2 Å². The van der Waals surface area contributed by atoms with E-state index in [1.165, 1.54) is 10.9 Å². The first-order chi connectivity index (χ1) is 14.2. The van der Waals surface area contributed by atoms with Gasteiger partial charge < -0.3 is 14.2 Å². The summed E-state index contributed by atoms with van der Waals surface area (Å²) in [4.78, 5) is 2.32. The second kappa shape index (κ2) is 7.24. The topological polar surface area (TPSA) is 61.0 Å². The van der Waals surface area contributed by atoms with E-state index in [-0.39, 0.29) is 0 Å². The fourth-order valence-corrected chi connectivity index (χ4v) is 4.15. The summed E-state index contributed by atoms with van der Waals surface area (Å²) in [6.07, 6.45) is 8.12. The Kier molecular flexibility index (Phi) is 4.42. The summed E-state index contributed by atoms with van der Waals surface area (Å²) in [6.45, 7) is 1.93. The van der Waals surface area contributed by atoms with Crippen LogP contribution in [-0.4, -0.2) is 44.7 Å². The Hall–Kier alpha value is -3.35. The number of aromatic nitrogens is 5. The molecule has 4 aromatic rings. The van der Waals surface area contributed by atoms with E-state index in [0.29, 0.717) is 6.04 Å². The summed E-state index contributed by atoms with van der Waals surface area (Å²) in [5.74, 6) is 1.84. The van der Waals surface area contributed by atoms with Gasteiger partial charge in [-0.15, -0.1) is 10.2 Å². The van der Waals surface area contributed by atoms with Crippen LogP contribution in [0.15, 0.2) is 55.0 Å². The molecule has 4 heterocycles. The molecule has 1 aliphatic heterocycles. The molecule has 0 spiro atoms. The molecule has 3 aromatic heterocycles. The maximum Gasteiger partial charge on any atom is 0.151 e. The second-order valence-electron chi connectivity index (χ2n) is 7.55. The molecule has 7 heteroatoms. The highest BCUT2D eigenvalue weighted by Gasteiger charge is 2.22. The van der Waals surface area contributed by atoms with Crippen LogP contribution in [0.3, 0.4) is 0 Å². The molecule has 0 unspecified atom stereocenters. The molecule has 1 saturated heterocycles. The molecule has 0 bridgehead atoms. The van der Waals surface area contributed by atoms with Gasteiger partial charge in [0.25, 0.3) is 0 Å². The van der Waals surface area contributed by atoms with E-state index in [1.807, 2.05) is 31.6 Å². The molecule has 0 amide bonds. The number of fused-ring (bicyclic) bond motifs is 1. The number of benzene rings is 1. The molecule has 29 heavy (non-hydrogen) atoms. The van der Waals surface area contributed by atoms with Crippen LogP contribution in [0, 0.1) is 0 Å². The Morgan fingerprint density at radius 2 is 1.90 bits per heavy atom. The van der Waals surface area contributed by atoms with E-state index in [0.717, 1.165) is 48.8 Å². The molecule has 7 nitrogen and oxygen atoms in total. The van der Waals surface area contributed by atoms with Crippen LogP contribution in [0.5, 0.6) is 5.75 Å². The van der Waals surface area contributed by atoms with E-state index in [4.69, 9.17) is 4.74 Å². The van der Waals surface area contributed by atoms with Gasteiger partial charge >= 0.3 is 0 Å². The highest BCUT2D eigenvalue weighted by molar-refractivity contribution is 5.81. The quantitative estimate of drug-likeness (QED) is 0.534. The molecule has 148 valence electrons. The first-order valence-corrected chi connectivity index (χ1v) is 9.93. The molecule has 0 aliphatic carbocycles. The molecule has 1 aliphatic rings. The molecule has 0 radical (unpaired) electrons. The highest BCUT2D eigenvalue weighted by atomic mass is 16.5. The lowest BCUT2D eigenvalue weighted by Crippen LogP contribution is -2.35. The highest BCUT2D eigenvalue weighted by Crippen LogP contribution is 2.31. The third-order valence-electron chi connectivity index (χ3n) is 5.76. The van der Waals surface area contributed by atoms with E-state index in [1.54, 1.807) is 11.8 Å². The van der Waals surface area contributed by atoms with E-state index < -0.39 is 0 Å². The molecule has 1 fully saturated rings. The minimum Gasteiger partial charge on any atom is -0.497 e. The van der Waals surface area contributed by atoms with Crippen molar-refractivity contribution in [1.82, 2.24) is 24.5 Å². The van der Waals surface area contributed by atoms with Crippen molar-refractivity contribution in [2.75, 3.05) is 25.1 Å². The number of methoxy groups -OCH3 is 1. The SMILES string of the molecule is COc1ccc2ccn(C3CCN(c4ccc(-c5cnn(C)c5)nn4)CC3)c2c1. The van der Waals surface area contributed by atoms with Gasteiger partial charge in [-0.1, -0.05) is 0 Å². The third kappa shape index (κ3) is 3.33. The second-order valence-corrected chi connectivity index (χ2v) is 7.55. The smallest absolute Gasteiger partial charge is 0.151 e. The lowest BCUT2D eigenvalue weighted by molar-refractivity contribution is 0.401. The van der Waals surface area contributed by atoms with Crippen molar-refractivity contribution in [3.8, 4) is 17.0 Å². The minimum absolute atomic E-state index is 0.485. The number of nitrogens with zero attached hydrogens (tertiary/aromatic N) is 6. The Morgan fingerprint density at radius 1 is 1.03 bits per heavy atom. The Morgan fingerprint density at radius 3 is 2.59 bits per heavy atom. The predicted molar refractivity (Wildman–Crippen MR) is 113 cm³/mol. The zero-order valence-electron chi connectivity index (χ0n) is 16.7. The van der Waals surface area contributed by atoms with Gasteiger partial charge in [0.2, 0.25) is 0 Å². The van der Waals surface area contributed by atoms with E-state index >= 15 is 0 Å². The molecule has 0 N–H and O–H groups in total. The fourth-order valence-electron chi connectivity index (χ4n) is 4.15. The molecule has 0 saturated carbocycles. The number of rotatable bonds is 4. The number of hydrogen-bond acceptors (Lipinski definition) is 5. The maximum atomic E-state index is 5.41. The van der Waals surface area contributed by atoms with Gasteiger partial charge in [0.05, 0.1) is 24.5 Å². The number of piperidine rings is 1. The average molecular weight is 388 g/mol. The number of ether oxygens (including phenoxy) is 1. The number of aryl methyl sites for hydroxylation is 1. The molecular weight excluding hydrogens is 364 g/mol. The van der Waals surface area contributed by atoms with Gasteiger partial charge in [0, 0.05) is 50.2 Å². The lowest BCUT2D eigenvalue weighted by Gasteiger charge is -2.33. The lowest BCUT2D eigenvalue weighted by atomic mass is 10.0. The molecule has 1 aromatic carbocycles. The fraction of sp³-hybridized carbons (Fsp3) is 0.318. The summed E-state index contributed by atoms with van der Waals surface area (Å²) in [5, 5.41) is 14.3. The molecular formula is C22H24N6O. The zero-order valence-corrected chi connectivity index (χ0v) is 16.7. The molecule has 5 rings (SSSR count). The van der Waals surface area contributed by atoms with Gasteiger partial charge in [-0.25, -0.2) is 0 Å². The van der Waals surface area contributed by atoms with Gasteiger partial charge in [-0.3, -0.25) is 4.68 Å². The van der Waals surface area contributed by atoms with Crippen LogP contribution in [0.2, 0.25) is 0 Å². The summed E-state index contributed by atoms with van der Waals surface area (Å²) < 4.78 is 9.58. The summed E-state index contributed by atoms with van der Waals surface area (Å²) >= 11 is 0. The average Bonchev–Trinajstić information content (AvgIpc) is 3.40. The standard InChI is InChI=1S/C22H24N6O/c1-26-15-17(14-23-26)20-5-6-22(25-24-20)27-10-8-18(9-11-27)28-12-7-16-3-4-19(29-2)13-21(16)28/h3-7,12-15,18H,8-11H2,1-2H3. The van der Waals surface area contributed by atoms with Crippen LogP contribution >= 0.6 is 0 Å². The summed E-state index contributed by atoms with van der Waals surface area (Å²) in [5.41, 5.74) is 3.08. The van der Waals surface area contributed by atoms with E-state index in [9.17, 15) is 0 Å². The van der Waals surface area contributed by atoms with Gasteiger partial charge in [-0.05, 0) is 48.6 Å². The van der Waals surface area contributed by atoms with E-state index in [2.05, 4.69) is 55.2 Å². The normalized spacial score (nSPS) is 15.2. The number of anilines is 1. The minimum atomic E-state index is 0.485. The van der Waals surface area contributed by atoms with Crippen LogP contribution < -0.4 is 9.64 Å². The van der Waals surface area contributed by atoms with Crippen LogP contribution in [-0.2, 0) is 7.05 Å².